The molecule has 0 aliphatic heterocycles. The highest BCUT2D eigenvalue weighted by Crippen LogP contribution is 2.20. The van der Waals surface area contributed by atoms with Gasteiger partial charge in [-0.25, -0.2) is 9.78 Å². The molecule has 1 heterocycles. The highest BCUT2D eigenvalue weighted by molar-refractivity contribution is 5.97. The molecule has 166 valence electrons. The number of esters is 2. The Bertz CT molecular complexity index is 900. The number of pyridine rings is 1. The Kier molecular flexibility index (Phi) is 8.54. The van der Waals surface area contributed by atoms with Crippen molar-refractivity contribution in [3.63, 3.8) is 0 Å². The second-order valence-electron chi connectivity index (χ2n) is 7.42. The van der Waals surface area contributed by atoms with Crippen molar-refractivity contribution in [2.75, 3.05) is 0 Å². The van der Waals surface area contributed by atoms with Crippen LogP contribution in [0.4, 0.5) is 0 Å². The van der Waals surface area contributed by atoms with Gasteiger partial charge in [-0.1, -0.05) is 32.0 Å². The SMILES string of the molecule is CC(=O)Oc1cccnc1C(=O)N[C@@H](C)C(=O)O[C@@H](C)[C@H](Oc1ccccc1)C(C)C. The van der Waals surface area contributed by atoms with Crippen molar-refractivity contribution in [1.82, 2.24) is 10.3 Å². The van der Waals surface area contributed by atoms with Gasteiger partial charge in [0.1, 0.15) is 24.0 Å². The fourth-order valence-electron chi connectivity index (χ4n) is 2.90. The predicted molar refractivity (Wildman–Crippen MR) is 114 cm³/mol. The van der Waals surface area contributed by atoms with E-state index in [9.17, 15) is 14.4 Å². The molecule has 3 atom stereocenters. The van der Waals surface area contributed by atoms with Gasteiger partial charge in [-0.3, -0.25) is 9.59 Å². The van der Waals surface area contributed by atoms with E-state index in [1.54, 1.807) is 6.92 Å². The molecule has 0 bridgehead atoms. The van der Waals surface area contributed by atoms with Gasteiger partial charge in [0, 0.05) is 13.1 Å². The number of rotatable bonds is 9. The third kappa shape index (κ3) is 7.09. The Morgan fingerprint density at radius 1 is 0.968 bits per heavy atom. The summed E-state index contributed by atoms with van der Waals surface area (Å²) >= 11 is 0. The number of benzene rings is 1. The molecule has 0 spiro atoms. The molecule has 2 aromatic rings. The zero-order chi connectivity index (χ0) is 23.0. The minimum Gasteiger partial charge on any atom is -0.486 e. The topological polar surface area (TPSA) is 104 Å². The molecule has 1 amide bonds. The second-order valence-corrected chi connectivity index (χ2v) is 7.42. The molecular weight excluding hydrogens is 400 g/mol. The van der Waals surface area contributed by atoms with E-state index in [0.29, 0.717) is 5.75 Å². The van der Waals surface area contributed by atoms with Gasteiger partial charge >= 0.3 is 11.9 Å². The monoisotopic (exact) mass is 428 g/mol. The maximum absolute atomic E-state index is 12.6. The molecule has 8 nitrogen and oxygen atoms in total. The smallest absolute Gasteiger partial charge is 0.328 e. The summed E-state index contributed by atoms with van der Waals surface area (Å²) in [5, 5.41) is 2.52. The van der Waals surface area contributed by atoms with Crippen molar-refractivity contribution in [1.29, 1.82) is 0 Å². The summed E-state index contributed by atoms with van der Waals surface area (Å²) in [6, 6.07) is 11.3. The lowest BCUT2D eigenvalue weighted by Gasteiger charge is -2.29. The molecular formula is C23H28N2O6. The fraction of sp³-hybridized carbons (Fsp3) is 0.391. The lowest BCUT2D eigenvalue weighted by molar-refractivity contribution is -0.155. The van der Waals surface area contributed by atoms with Gasteiger partial charge in [-0.05, 0) is 44.0 Å². The Balaban J connectivity index is 2.01. The minimum atomic E-state index is -0.952. The number of carbonyl (C=O) groups is 3. The van der Waals surface area contributed by atoms with Crippen LogP contribution in [0.3, 0.4) is 0 Å². The van der Waals surface area contributed by atoms with Crippen molar-refractivity contribution in [2.24, 2.45) is 5.92 Å². The van der Waals surface area contributed by atoms with Crippen LogP contribution in [0.1, 0.15) is 45.1 Å². The number of carbonyl (C=O) groups excluding carboxylic acids is 3. The number of nitrogens with zero attached hydrogens (tertiary/aromatic N) is 1. The van der Waals surface area contributed by atoms with Crippen LogP contribution in [0.25, 0.3) is 0 Å². The van der Waals surface area contributed by atoms with Crippen molar-refractivity contribution < 1.29 is 28.6 Å². The number of nitrogens with one attached hydrogen (secondary N) is 1. The molecule has 1 aromatic heterocycles. The van der Waals surface area contributed by atoms with E-state index in [1.807, 2.05) is 44.2 Å². The van der Waals surface area contributed by atoms with E-state index in [4.69, 9.17) is 14.2 Å². The molecule has 1 N–H and O–H groups in total. The number of hydrogen-bond donors (Lipinski definition) is 1. The molecule has 2 rings (SSSR count). The van der Waals surface area contributed by atoms with E-state index in [1.165, 1.54) is 32.2 Å². The lowest BCUT2D eigenvalue weighted by Crippen LogP contribution is -2.44. The Labute approximate surface area is 181 Å². The maximum Gasteiger partial charge on any atom is 0.328 e. The van der Waals surface area contributed by atoms with E-state index in [2.05, 4.69) is 10.3 Å². The Morgan fingerprint density at radius 2 is 1.65 bits per heavy atom. The summed E-state index contributed by atoms with van der Waals surface area (Å²) in [4.78, 5) is 40.3. The standard InChI is InChI=1S/C23H28N2O6/c1-14(2)21(31-18-10-7-6-8-11-18)16(4)29-23(28)15(3)25-22(27)20-19(30-17(5)26)12-9-13-24-20/h6-16,21H,1-5H3,(H,25,27)/t15-,16-,21+/m0/s1. The number of aromatic nitrogens is 1. The van der Waals surface area contributed by atoms with Crippen LogP contribution < -0.4 is 14.8 Å². The van der Waals surface area contributed by atoms with E-state index in [0.717, 1.165) is 0 Å². The molecule has 0 fully saturated rings. The maximum atomic E-state index is 12.6. The fourth-order valence-corrected chi connectivity index (χ4v) is 2.90. The third-order valence-corrected chi connectivity index (χ3v) is 4.38. The van der Waals surface area contributed by atoms with Crippen LogP contribution in [0.5, 0.6) is 11.5 Å². The first-order valence-corrected chi connectivity index (χ1v) is 10.1. The van der Waals surface area contributed by atoms with Crippen LogP contribution in [-0.2, 0) is 14.3 Å². The average Bonchev–Trinajstić information content (AvgIpc) is 2.72. The van der Waals surface area contributed by atoms with E-state index >= 15 is 0 Å². The summed E-state index contributed by atoms with van der Waals surface area (Å²) in [6.07, 6.45) is 0.459. The van der Waals surface area contributed by atoms with Crippen LogP contribution in [0.2, 0.25) is 0 Å². The first-order chi connectivity index (χ1) is 14.7. The summed E-state index contributed by atoms with van der Waals surface area (Å²) < 4.78 is 16.5. The molecule has 1 aromatic carbocycles. The third-order valence-electron chi connectivity index (χ3n) is 4.38. The Hall–Kier alpha value is -3.42. The highest BCUT2D eigenvalue weighted by Gasteiger charge is 2.29. The van der Waals surface area contributed by atoms with Crippen molar-refractivity contribution >= 4 is 17.8 Å². The molecule has 31 heavy (non-hydrogen) atoms. The molecule has 0 aliphatic carbocycles. The van der Waals surface area contributed by atoms with Crippen LogP contribution >= 0.6 is 0 Å². The van der Waals surface area contributed by atoms with Crippen LogP contribution in [-0.4, -0.2) is 41.1 Å². The van der Waals surface area contributed by atoms with Gasteiger partial charge < -0.3 is 19.5 Å². The minimum absolute atomic E-state index is 0.0116. The summed E-state index contributed by atoms with van der Waals surface area (Å²) in [6.45, 7) is 8.42. The van der Waals surface area contributed by atoms with Crippen molar-refractivity contribution in [3.05, 3.63) is 54.4 Å². The predicted octanol–water partition coefficient (Wildman–Crippen LogP) is 3.16. The van der Waals surface area contributed by atoms with E-state index in [-0.39, 0.29) is 23.5 Å². The molecule has 8 heteroatoms. The summed E-state index contributed by atoms with van der Waals surface area (Å²) in [5.74, 6) is -1.09. The number of para-hydroxylation sites is 1. The largest absolute Gasteiger partial charge is 0.486 e. The van der Waals surface area contributed by atoms with Gasteiger partial charge in [-0.15, -0.1) is 0 Å². The van der Waals surface area contributed by atoms with Gasteiger partial charge in [0.15, 0.2) is 11.4 Å². The normalized spacial score (nSPS) is 13.6. The highest BCUT2D eigenvalue weighted by atomic mass is 16.6. The van der Waals surface area contributed by atoms with Crippen LogP contribution in [0, 0.1) is 5.92 Å². The van der Waals surface area contributed by atoms with E-state index < -0.39 is 30.0 Å². The van der Waals surface area contributed by atoms with Crippen molar-refractivity contribution in [3.8, 4) is 11.5 Å². The first-order valence-electron chi connectivity index (χ1n) is 10.1. The lowest BCUT2D eigenvalue weighted by atomic mass is 10.0. The second kappa shape index (κ2) is 11.1. The van der Waals surface area contributed by atoms with Gasteiger partial charge in [-0.2, -0.15) is 0 Å². The Morgan fingerprint density at radius 3 is 2.26 bits per heavy atom. The molecule has 0 radical (unpaired) electrons. The summed E-state index contributed by atoms with van der Waals surface area (Å²) in [5.41, 5.74) is -0.0992. The number of amides is 1. The van der Waals surface area contributed by atoms with Gasteiger partial charge in [0.25, 0.3) is 5.91 Å². The van der Waals surface area contributed by atoms with Gasteiger partial charge in [0.05, 0.1) is 0 Å². The number of ether oxygens (including phenoxy) is 3. The van der Waals surface area contributed by atoms with Crippen LogP contribution in [0.15, 0.2) is 48.7 Å². The number of hydrogen-bond acceptors (Lipinski definition) is 7. The zero-order valence-electron chi connectivity index (χ0n) is 18.3. The van der Waals surface area contributed by atoms with Gasteiger partial charge in [0.2, 0.25) is 0 Å². The summed E-state index contributed by atoms with van der Waals surface area (Å²) in [7, 11) is 0. The zero-order valence-corrected chi connectivity index (χ0v) is 18.3. The molecule has 0 saturated heterocycles. The molecule has 0 saturated carbocycles. The first kappa shape index (κ1) is 23.9. The molecule has 0 unspecified atom stereocenters. The van der Waals surface area contributed by atoms with Crippen molar-refractivity contribution in [2.45, 2.75) is 52.9 Å². The average molecular weight is 428 g/mol. The quantitative estimate of drug-likeness (QED) is 0.612. The molecule has 0 aliphatic rings.